The van der Waals surface area contributed by atoms with E-state index >= 15 is 0 Å². The Hall–Kier alpha value is -2.55. The summed E-state index contributed by atoms with van der Waals surface area (Å²) in [7, 11) is 0. The molecular weight excluding hydrogens is 546 g/mol. The highest BCUT2D eigenvalue weighted by molar-refractivity contribution is 5.68. The molecule has 3 heteroatoms. The van der Waals surface area contributed by atoms with Gasteiger partial charge in [0.05, 0.1) is 17.1 Å². The van der Waals surface area contributed by atoms with Gasteiger partial charge in [-0.3, -0.25) is 15.0 Å². The molecule has 3 rings (SSSR count). The predicted octanol–water partition coefficient (Wildman–Crippen LogP) is 13.6. The number of rotatable bonds is 23. The van der Waals surface area contributed by atoms with Crippen molar-refractivity contribution in [3.8, 4) is 22.6 Å². The van der Waals surface area contributed by atoms with Crippen molar-refractivity contribution in [1.82, 2.24) is 15.0 Å². The summed E-state index contributed by atoms with van der Waals surface area (Å²) in [5.74, 6) is 1.72. The Balaban J connectivity index is 2.09. The van der Waals surface area contributed by atoms with Gasteiger partial charge in [0.1, 0.15) is 0 Å². The highest BCUT2D eigenvalue weighted by atomic mass is 14.8. The summed E-state index contributed by atoms with van der Waals surface area (Å²) in [6.07, 6.45) is 28.7. The van der Waals surface area contributed by atoms with Crippen LogP contribution in [-0.2, 0) is 0 Å². The van der Waals surface area contributed by atoms with Gasteiger partial charge in [-0.2, -0.15) is 0 Å². The zero-order chi connectivity index (χ0) is 32.3. The van der Waals surface area contributed by atoms with Gasteiger partial charge in [0.15, 0.2) is 0 Å². The first-order valence-electron chi connectivity index (χ1n) is 19.0. The third kappa shape index (κ3) is 11.6. The lowest BCUT2D eigenvalue weighted by molar-refractivity contribution is 0.523. The van der Waals surface area contributed by atoms with E-state index in [9.17, 15) is 0 Å². The molecule has 0 saturated carbocycles. The average Bonchev–Trinajstić information content (AvgIpc) is 3.08. The first kappa shape index (κ1) is 36.9. The minimum atomic E-state index is 0.508. The van der Waals surface area contributed by atoms with Crippen LogP contribution in [0, 0.1) is 0 Å². The molecule has 0 atom stereocenters. The van der Waals surface area contributed by atoms with E-state index in [-0.39, 0.29) is 0 Å². The maximum absolute atomic E-state index is 5.12. The summed E-state index contributed by atoms with van der Waals surface area (Å²) < 4.78 is 0. The van der Waals surface area contributed by atoms with Crippen molar-refractivity contribution in [2.75, 3.05) is 0 Å². The van der Waals surface area contributed by atoms with Crippen molar-refractivity contribution in [3.05, 3.63) is 65.6 Å². The Morgan fingerprint density at radius 3 is 1.27 bits per heavy atom. The molecule has 0 fully saturated rings. The van der Waals surface area contributed by atoms with E-state index in [0.717, 1.165) is 17.1 Å². The van der Waals surface area contributed by atoms with Crippen LogP contribution in [0.25, 0.3) is 22.6 Å². The highest BCUT2D eigenvalue weighted by Crippen LogP contribution is 2.38. The molecule has 45 heavy (non-hydrogen) atoms. The molecule has 3 aromatic rings. The number of hydrogen-bond acceptors (Lipinski definition) is 3. The van der Waals surface area contributed by atoms with E-state index in [2.05, 4.69) is 84.3 Å². The fourth-order valence-corrected chi connectivity index (χ4v) is 6.97. The van der Waals surface area contributed by atoms with Gasteiger partial charge in [0, 0.05) is 24.2 Å². The smallest absolute Gasteiger partial charge is 0.0889 e. The molecule has 3 heterocycles. The van der Waals surface area contributed by atoms with Crippen LogP contribution in [0.4, 0.5) is 0 Å². The molecule has 3 aromatic heterocycles. The minimum Gasteiger partial charge on any atom is -0.256 e. The maximum Gasteiger partial charge on any atom is 0.0889 e. The number of pyridine rings is 3. The van der Waals surface area contributed by atoms with E-state index < -0.39 is 0 Å². The van der Waals surface area contributed by atoms with Crippen molar-refractivity contribution < 1.29 is 0 Å². The lowest BCUT2D eigenvalue weighted by Crippen LogP contribution is -2.06. The van der Waals surface area contributed by atoms with E-state index in [1.807, 2.05) is 6.20 Å². The van der Waals surface area contributed by atoms with Crippen LogP contribution in [0.15, 0.2) is 48.9 Å². The molecular formula is C42H65N3. The lowest BCUT2D eigenvalue weighted by atomic mass is 9.84. The molecule has 0 radical (unpaired) electrons. The molecule has 0 N–H and O–H groups in total. The summed E-state index contributed by atoms with van der Waals surface area (Å²) in [5, 5.41) is 0. The maximum atomic E-state index is 5.12. The fraction of sp³-hybridized carbons (Fsp3) is 0.643. The average molecular weight is 612 g/mol. The number of unbranched alkanes of at least 4 members (excludes halogenated alkanes) is 6. The second-order valence-electron chi connectivity index (χ2n) is 13.5. The van der Waals surface area contributed by atoms with Crippen LogP contribution >= 0.6 is 0 Å². The van der Waals surface area contributed by atoms with Crippen LogP contribution in [0.2, 0.25) is 0 Å². The molecule has 3 nitrogen and oxygen atoms in total. The van der Waals surface area contributed by atoms with E-state index in [0.29, 0.717) is 17.8 Å². The van der Waals surface area contributed by atoms with E-state index in [1.54, 1.807) is 0 Å². The van der Waals surface area contributed by atoms with Gasteiger partial charge in [-0.05, 0) is 103 Å². The van der Waals surface area contributed by atoms with Gasteiger partial charge < -0.3 is 0 Å². The minimum absolute atomic E-state index is 0.508. The van der Waals surface area contributed by atoms with Crippen LogP contribution in [0.3, 0.4) is 0 Å². The zero-order valence-electron chi connectivity index (χ0n) is 29.9. The first-order chi connectivity index (χ1) is 22.1. The number of aromatic nitrogens is 3. The Morgan fingerprint density at radius 1 is 0.444 bits per heavy atom. The standard InChI is InChI=1S/C42H65N3/c1-7-13-19-33(20-14-8-2)36-25-27-43-40(29-36)39-32-45-42(31-38(39)35(23-17-11-5)24-18-12-6)41-30-37(26-28-44-41)34(21-15-9-3)22-16-10-4/h25-35H,7-24H2,1-6H3. The van der Waals surface area contributed by atoms with Gasteiger partial charge >= 0.3 is 0 Å². The first-order valence-corrected chi connectivity index (χ1v) is 19.0. The Labute approximate surface area is 277 Å². The second-order valence-corrected chi connectivity index (χ2v) is 13.5. The highest BCUT2D eigenvalue weighted by Gasteiger charge is 2.21. The second kappa shape index (κ2) is 21.3. The molecule has 0 bridgehead atoms. The summed E-state index contributed by atoms with van der Waals surface area (Å²) >= 11 is 0. The lowest BCUT2D eigenvalue weighted by Gasteiger charge is -2.22. The van der Waals surface area contributed by atoms with Gasteiger partial charge in [-0.15, -0.1) is 0 Å². The molecule has 0 saturated heterocycles. The molecule has 0 aromatic carbocycles. The molecule has 0 unspecified atom stereocenters. The Bertz CT molecular complexity index is 1190. The fourth-order valence-electron chi connectivity index (χ4n) is 6.97. The van der Waals surface area contributed by atoms with Crippen LogP contribution in [-0.4, -0.2) is 15.0 Å². The summed E-state index contributed by atoms with van der Waals surface area (Å²) in [4.78, 5) is 15.0. The number of hydrogen-bond donors (Lipinski definition) is 0. The molecule has 0 aliphatic heterocycles. The molecule has 0 spiro atoms. The quantitative estimate of drug-likeness (QED) is 0.107. The summed E-state index contributed by atoms with van der Waals surface area (Å²) in [6, 6.07) is 11.7. The van der Waals surface area contributed by atoms with Crippen molar-refractivity contribution in [1.29, 1.82) is 0 Å². The summed E-state index contributed by atoms with van der Waals surface area (Å²) in [5.41, 5.74) is 8.66. The Morgan fingerprint density at radius 2 is 0.822 bits per heavy atom. The molecule has 0 aliphatic rings. The SMILES string of the molecule is CCCCC(CCCC)c1ccnc(-c2cc(C(CCCC)CCCC)c(-c3cc(C(CCCC)CCCC)ccn3)cn2)c1. The molecule has 0 aliphatic carbocycles. The third-order valence-electron chi connectivity index (χ3n) is 9.86. The van der Waals surface area contributed by atoms with Crippen molar-refractivity contribution in [2.24, 2.45) is 0 Å². The van der Waals surface area contributed by atoms with Crippen LogP contribution in [0.1, 0.15) is 192 Å². The molecule has 248 valence electrons. The third-order valence-corrected chi connectivity index (χ3v) is 9.86. The van der Waals surface area contributed by atoms with Crippen molar-refractivity contribution >= 4 is 0 Å². The topological polar surface area (TPSA) is 38.7 Å². The van der Waals surface area contributed by atoms with Gasteiger partial charge in [0.2, 0.25) is 0 Å². The van der Waals surface area contributed by atoms with E-state index in [4.69, 9.17) is 15.0 Å². The summed E-state index contributed by atoms with van der Waals surface area (Å²) in [6.45, 7) is 13.9. The molecule has 0 amide bonds. The largest absolute Gasteiger partial charge is 0.256 e. The zero-order valence-corrected chi connectivity index (χ0v) is 29.9. The van der Waals surface area contributed by atoms with Crippen molar-refractivity contribution in [3.63, 3.8) is 0 Å². The monoisotopic (exact) mass is 612 g/mol. The normalized spacial score (nSPS) is 11.8. The predicted molar refractivity (Wildman–Crippen MR) is 196 cm³/mol. The van der Waals surface area contributed by atoms with Crippen LogP contribution in [0.5, 0.6) is 0 Å². The Kier molecular flexibility index (Phi) is 17.5. The van der Waals surface area contributed by atoms with Gasteiger partial charge in [0.25, 0.3) is 0 Å². The number of nitrogens with zero attached hydrogens (tertiary/aromatic N) is 3. The van der Waals surface area contributed by atoms with Gasteiger partial charge in [-0.1, -0.05) is 119 Å². The van der Waals surface area contributed by atoms with E-state index in [1.165, 1.54) is 138 Å². The van der Waals surface area contributed by atoms with Gasteiger partial charge in [-0.25, -0.2) is 0 Å². The van der Waals surface area contributed by atoms with Crippen molar-refractivity contribution in [2.45, 2.75) is 175 Å². The van der Waals surface area contributed by atoms with Crippen LogP contribution < -0.4 is 0 Å².